The molecule has 0 aliphatic heterocycles. The molecule has 1 aromatic carbocycles. The third kappa shape index (κ3) is 3.01. The maximum absolute atomic E-state index is 13.0. The second-order valence-corrected chi connectivity index (χ2v) is 6.06. The van der Waals surface area contributed by atoms with E-state index in [4.69, 9.17) is 16.3 Å². The number of hydrogen-bond acceptors (Lipinski definition) is 5. The number of ether oxygens (including phenoxy) is 1. The lowest BCUT2D eigenvalue weighted by Crippen LogP contribution is -2.47. The molecule has 0 spiro atoms. The molecular formula is C15H18ClN5O2. The summed E-state index contributed by atoms with van der Waals surface area (Å²) in [5.74, 6) is 0.447. The van der Waals surface area contributed by atoms with Crippen LogP contribution in [0.25, 0.3) is 0 Å². The number of methoxy groups -OCH3 is 1. The molecule has 3 rings (SSSR count). The van der Waals surface area contributed by atoms with Crippen LogP contribution >= 0.6 is 11.6 Å². The van der Waals surface area contributed by atoms with E-state index in [2.05, 4.69) is 20.8 Å². The van der Waals surface area contributed by atoms with Gasteiger partial charge in [0.15, 0.2) is 0 Å². The Bertz CT molecular complexity index is 683. The number of carbonyl (C=O) groups is 1. The summed E-state index contributed by atoms with van der Waals surface area (Å²) in [6.45, 7) is 0. The van der Waals surface area contributed by atoms with Crippen LogP contribution in [-0.2, 0) is 10.3 Å². The first-order chi connectivity index (χ1) is 11.2. The monoisotopic (exact) mass is 335 g/mol. The van der Waals surface area contributed by atoms with Gasteiger partial charge in [0.2, 0.25) is 0 Å². The molecule has 1 saturated carbocycles. The van der Waals surface area contributed by atoms with Crippen molar-refractivity contribution in [3.63, 3.8) is 0 Å². The number of aromatic nitrogens is 4. The van der Waals surface area contributed by atoms with Gasteiger partial charge < -0.3 is 10.1 Å². The molecule has 7 nitrogen and oxygen atoms in total. The third-order valence-corrected chi connectivity index (χ3v) is 4.60. The average molecular weight is 336 g/mol. The topological polar surface area (TPSA) is 81.9 Å². The Labute approximate surface area is 139 Å². The Morgan fingerprint density at radius 1 is 1.35 bits per heavy atom. The second-order valence-electron chi connectivity index (χ2n) is 5.65. The maximum Gasteiger partial charge on any atom is 0.252 e. The number of benzene rings is 1. The van der Waals surface area contributed by atoms with Crippen molar-refractivity contribution in [3.05, 3.63) is 29.5 Å². The van der Waals surface area contributed by atoms with E-state index in [1.54, 1.807) is 30.0 Å². The number of nitrogens with zero attached hydrogens (tertiary/aromatic N) is 4. The first kappa shape index (κ1) is 15.7. The van der Waals surface area contributed by atoms with Crippen molar-refractivity contribution in [1.82, 2.24) is 20.2 Å². The molecule has 1 aromatic heterocycles. The van der Waals surface area contributed by atoms with E-state index in [1.807, 2.05) is 0 Å². The lowest BCUT2D eigenvalue weighted by Gasteiger charge is -2.35. The molecule has 1 amide bonds. The van der Waals surface area contributed by atoms with Crippen LogP contribution in [-0.4, -0.2) is 33.2 Å². The van der Waals surface area contributed by atoms with Gasteiger partial charge in [-0.25, -0.2) is 4.68 Å². The van der Waals surface area contributed by atoms with Crippen LogP contribution in [0.15, 0.2) is 24.5 Å². The molecule has 1 aliphatic carbocycles. The predicted molar refractivity (Wildman–Crippen MR) is 85.5 cm³/mol. The Kier molecular flexibility index (Phi) is 4.47. The van der Waals surface area contributed by atoms with Crippen molar-refractivity contribution >= 4 is 23.2 Å². The van der Waals surface area contributed by atoms with Crippen LogP contribution in [0.1, 0.15) is 32.1 Å². The van der Waals surface area contributed by atoms with Crippen molar-refractivity contribution in [1.29, 1.82) is 0 Å². The lowest BCUT2D eigenvalue weighted by molar-refractivity contribution is -0.126. The summed E-state index contributed by atoms with van der Waals surface area (Å²) in [6.07, 6.45) is 5.99. The number of hydrogen-bond donors (Lipinski definition) is 1. The fourth-order valence-electron chi connectivity index (χ4n) is 3.05. The van der Waals surface area contributed by atoms with Crippen LogP contribution in [0.2, 0.25) is 5.02 Å². The van der Waals surface area contributed by atoms with Crippen LogP contribution in [0.3, 0.4) is 0 Å². The van der Waals surface area contributed by atoms with Crippen LogP contribution in [0, 0.1) is 0 Å². The van der Waals surface area contributed by atoms with Crippen molar-refractivity contribution < 1.29 is 9.53 Å². The molecule has 0 unspecified atom stereocenters. The van der Waals surface area contributed by atoms with Gasteiger partial charge in [-0.15, -0.1) is 5.10 Å². The van der Waals surface area contributed by atoms with Crippen LogP contribution in [0.4, 0.5) is 5.69 Å². The van der Waals surface area contributed by atoms with Crippen molar-refractivity contribution in [2.24, 2.45) is 0 Å². The van der Waals surface area contributed by atoms with Gasteiger partial charge in [0, 0.05) is 5.69 Å². The number of amides is 1. The van der Waals surface area contributed by atoms with E-state index in [9.17, 15) is 4.79 Å². The Hall–Kier alpha value is -2.15. The minimum absolute atomic E-state index is 0.120. The van der Waals surface area contributed by atoms with E-state index < -0.39 is 5.54 Å². The summed E-state index contributed by atoms with van der Waals surface area (Å²) in [5, 5.41) is 14.7. The van der Waals surface area contributed by atoms with E-state index in [0.717, 1.165) is 19.3 Å². The molecule has 1 N–H and O–H groups in total. The summed E-state index contributed by atoms with van der Waals surface area (Å²) in [6, 6.07) is 5.16. The summed E-state index contributed by atoms with van der Waals surface area (Å²) >= 11 is 6.12. The van der Waals surface area contributed by atoms with E-state index in [-0.39, 0.29) is 5.91 Å². The summed E-state index contributed by atoms with van der Waals surface area (Å²) in [5.41, 5.74) is -0.118. The molecule has 0 bridgehead atoms. The van der Waals surface area contributed by atoms with Gasteiger partial charge in [0.25, 0.3) is 5.91 Å². The zero-order valence-corrected chi connectivity index (χ0v) is 13.6. The molecule has 0 atom stereocenters. The Morgan fingerprint density at radius 3 is 2.74 bits per heavy atom. The Morgan fingerprint density at radius 2 is 2.13 bits per heavy atom. The SMILES string of the molecule is COc1ccc(NC(=O)C2(n3cnnn3)CCCCC2)cc1Cl. The standard InChI is InChI=1S/C15H18ClN5O2/c1-23-13-6-5-11(9-12(13)16)18-14(22)15(7-3-2-4-8-15)21-10-17-19-20-21/h5-6,9-10H,2-4,7-8H2,1H3,(H,18,22). The average Bonchev–Trinajstić information content (AvgIpc) is 3.10. The number of anilines is 1. The highest BCUT2D eigenvalue weighted by Crippen LogP contribution is 2.36. The molecule has 1 heterocycles. The summed E-state index contributed by atoms with van der Waals surface area (Å²) in [7, 11) is 1.55. The van der Waals surface area contributed by atoms with Crippen LogP contribution in [0.5, 0.6) is 5.75 Å². The van der Waals surface area contributed by atoms with Gasteiger partial charge >= 0.3 is 0 Å². The number of nitrogens with one attached hydrogen (secondary N) is 1. The molecule has 2 aromatic rings. The minimum atomic E-state index is -0.742. The number of tetrazole rings is 1. The van der Waals surface area contributed by atoms with Crippen LogP contribution < -0.4 is 10.1 Å². The van der Waals surface area contributed by atoms with Gasteiger partial charge in [-0.3, -0.25) is 4.79 Å². The highest BCUT2D eigenvalue weighted by atomic mass is 35.5. The van der Waals surface area contributed by atoms with Crippen molar-refractivity contribution in [2.75, 3.05) is 12.4 Å². The highest BCUT2D eigenvalue weighted by Gasteiger charge is 2.42. The molecule has 1 aliphatic rings. The van der Waals surface area contributed by atoms with Crippen molar-refractivity contribution in [3.8, 4) is 5.75 Å². The molecule has 1 fully saturated rings. The number of rotatable bonds is 4. The zero-order chi connectivity index (χ0) is 16.3. The lowest BCUT2D eigenvalue weighted by atomic mass is 9.81. The molecule has 0 radical (unpaired) electrons. The van der Waals surface area contributed by atoms with E-state index in [0.29, 0.717) is 29.3 Å². The number of halogens is 1. The highest BCUT2D eigenvalue weighted by molar-refractivity contribution is 6.32. The fourth-order valence-corrected chi connectivity index (χ4v) is 3.30. The molecule has 23 heavy (non-hydrogen) atoms. The Balaban J connectivity index is 1.86. The fraction of sp³-hybridized carbons (Fsp3) is 0.467. The largest absolute Gasteiger partial charge is 0.495 e. The van der Waals surface area contributed by atoms with E-state index >= 15 is 0 Å². The van der Waals surface area contributed by atoms with Gasteiger partial charge in [-0.1, -0.05) is 30.9 Å². The van der Waals surface area contributed by atoms with Gasteiger partial charge in [0.1, 0.15) is 17.6 Å². The number of carbonyl (C=O) groups excluding carboxylic acids is 1. The third-order valence-electron chi connectivity index (χ3n) is 4.30. The van der Waals surface area contributed by atoms with Gasteiger partial charge in [0.05, 0.1) is 12.1 Å². The predicted octanol–water partition coefficient (Wildman–Crippen LogP) is 2.63. The van der Waals surface area contributed by atoms with Gasteiger partial charge in [-0.05, 0) is 41.5 Å². The quantitative estimate of drug-likeness (QED) is 0.928. The smallest absolute Gasteiger partial charge is 0.252 e. The van der Waals surface area contributed by atoms with Gasteiger partial charge in [-0.2, -0.15) is 0 Å². The normalized spacial score (nSPS) is 16.8. The zero-order valence-electron chi connectivity index (χ0n) is 12.8. The molecular weight excluding hydrogens is 318 g/mol. The molecule has 122 valence electrons. The molecule has 8 heteroatoms. The summed E-state index contributed by atoms with van der Waals surface area (Å²) in [4.78, 5) is 13.0. The first-order valence-corrected chi connectivity index (χ1v) is 7.92. The second kappa shape index (κ2) is 6.54. The maximum atomic E-state index is 13.0. The minimum Gasteiger partial charge on any atom is -0.495 e. The van der Waals surface area contributed by atoms with E-state index in [1.165, 1.54) is 6.33 Å². The first-order valence-electron chi connectivity index (χ1n) is 7.54. The molecule has 0 saturated heterocycles. The van der Waals surface area contributed by atoms with Crippen molar-refractivity contribution in [2.45, 2.75) is 37.6 Å². The summed E-state index contributed by atoms with van der Waals surface area (Å²) < 4.78 is 6.70.